The number of benzene rings is 1. The van der Waals surface area contributed by atoms with E-state index in [9.17, 15) is 9.50 Å². The molecule has 0 fully saturated rings. The molecule has 1 aliphatic carbocycles. The van der Waals surface area contributed by atoms with Crippen LogP contribution < -0.4 is 0 Å². The van der Waals surface area contributed by atoms with Crippen LogP contribution in [-0.2, 0) is 0 Å². The van der Waals surface area contributed by atoms with E-state index >= 15 is 0 Å². The second kappa shape index (κ2) is 5.65. The fourth-order valence-electron chi connectivity index (χ4n) is 2.18. The molecule has 1 nitrogen and oxygen atoms in total. The zero-order valence-electron chi connectivity index (χ0n) is 9.63. The molecule has 0 aliphatic heterocycles. The van der Waals surface area contributed by atoms with Gasteiger partial charge >= 0.3 is 0 Å². The fraction of sp³-hybridized carbons (Fsp3) is 0.429. The largest absolute Gasteiger partial charge is 0.384 e. The van der Waals surface area contributed by atoms with E-state index in [1.54, 1.807) is 6.07 Å². The third-order valence-electron chi connectivity index (χ3n) is 3.19. The first kappa shape index (κ1) is 12.6. The molecule has 1 N–H and O–H groups in total. The highest BCUT2D eigenvalue weighted by atomic mass is 35.5. The maximum Gasteiger partial charge on any atom is 0.142 e. The molecule has 0 spiro atoms. The first-order valence-corrected chi connectivity index (χ1v) is 6.38. The first-order chi connectivity index (χ1) is 8.18. The van der Waals surface area contributed by atoms with Crippen LogP contribution in [0.1, 0.15) is 43.8 Å². The molecule has 0 radical (unpaired) electrons. The van der Waals surface area contributed by atoms with Crippen molar-refractivity contribution in [2.75, 3.05) is 0 Å². The van der Waals surface area contributed by atoms with Crippen molar-refractivity contribution in [3.63, 3.8) is 0 Å². The summed E-state index contributed by atoms with van der Waals surface area (Å²) in [6.07, 6.45) is 6.75. The summed E-state index contributed by atoms with van der Waals surface area (Å²) in [4.78, 5) is 0. The Balaban J connectivity index is 2.20. The molecule has 92 valence electrons. The van der Waals surface area contributed by atoms with Gasteiger partial charge in [-0.25, -0.2) is 4.39 Å². The molecule has 1 aromatic carbocycles. The molecule has 0 heterocycles. The quantitative estimate of drug-likeness (QED) is 0.776. The van der Waals surface area contributed by atoms with Gasteiger partial charge < -0.3 is 5.11 Å². The fourth-order valence-corrected chi connectivity index (χ4v) is 2.30. The van der Waals surface area contributed by atoms with Crippen molar-refractivity contribution in [2.45, 2.75) is 38.2 Å². The predicted molar refractivity (Wildman–Crippen MR) is 67.5 cm³/mol. The Morgan fingerprint density at radius 1 is 1.24 bits per heavy atom. The van der Waals surface area contributed by atoms with Crippen LogP contribution in [0, 0.1) is 5.82 Å². The van der Waals surface area contributed by atoms with Crippen LogP contribution in [0.25, 0.3) is 0 Å². The SMILES string of the molecule is OC(C1=CCCCCC1)c1ccc(Cl)c(F)c1. The number of allylic oxidation sites excluding steroid dienone is 1. The molecule has 1 aliphatic rings. The van der Waals surface area contributed by atoms with E-state index in [-0.39, 0.29) is 5.02 Å². The maximum absolute atomic E-state index is 13.3. The van der Waals surface area contributed by atoms with Gasteiger partial charge in [0.2, 0.25) is 0 Å². The molecular weight excluding hydrogens is 239 g/mol. The van der Waals surface area contributed by atoms with Crippen molar-refractivity contribution < 1.29 is 9.50 Å². The van der Waals surface area contributed by atoms with Gasteiger partial charge in [-0.2, -0.15) is 0 Å². The van der Waals surface area contributed by atoms with Gasteiger partial charge in [-0.3, -0.25) is 0 Å². The van der Waals surface area contributed by atoms with Crippen LogP contribution in [-0.4, -0.2) is 5.11 Å². The Morgan fingerprint density at radius 2 is 2.06 bits per heavy atom. The molecule has 0 amide bonds. The molecule has 1 aromatic rings. The van der Waals surface area contributed by atoms with Gasteiger partial charge in [0.05, 0.1) is 5.02 Å². The van der Waals surface area contributed by atoms with Crippen LogP contribution in [0.15, 0.2) is 29.8 Å². The minimum atomic E-state index is -0.695. The van der Waals surface area contributed by atoms with Crippen molar-refractivity contribution in [1.29, 1.82) is 0 Å². The molecule has 0 saturated carbocycles. The van der Waals surface area contributed by atoms with Crippen molar-refractivity contribution >= 4 is 11.6 Å². The summed E-state index contributed by atoms with van der Waals surface area (Å²) in [5, 5.41) is 10.3. The lowest BCUT2D eigenvalue weighted by molar-refractivity contribution is 0.210. The van der Waals surface area contributed by atoms with Crippen LogP contribution in [0.3, 0.4) is 0 Å². The van der Waals surface area contributed by atoms with Crippen LogP contribution >= 0.6 is 11.6 Å². The molecule has 2 rings (SSSR count). The number of hydrogen-bond acceptors (Lipinski definition) is 1. The molecule has 0 saturated heterocycles. The molecule has 1 unspecified atom stereocenters. The van der Waals surface area contributed by atoms with E-state index in [1.807, 2.05) is 0 Å². The molecule has 0 aromatic heterocycles. The number of rotatable bonds is 2. The third kappa shape index (κ3) is 3.08. The van der Waals surface area contributed by atoms with Gasteiger partial charge in [0, 0.05) is 0 Å². The lowest BCUT2D eigenvalue weighted by Crippen LogP contribution is -2.02. The van der Waals surface area contributed by atoms with Gasteiger partial charge in [-0.05, 0) is 49.0 Å². The van der Waals surface area contributed by atoms with Crippen molar-refractivity contribution in [3.8, 4) is 0 Å². The number of aliphatic hydroxyl groups excluding tert-OH is 1. The zero-order valence-corrected chi connectivity index (χ0v) is 10.4. The summed E-state index contributed by atoms with van der Waals surface area (Å²) in [5.74, 6) is -0.475. The van der Waals surface area contributed by atoms with E-state index in [0.717, 1.165) is 24.8 Å². The van der Waals surface area contributed by atoms with E-state index in [4.69, 9.17) is 11.6 Å². The lowest BCUT2D eigenvalue weighted by Gasteiger charge is -2.15. The molecule has 1 atom stereocenters. The Hall–Kier alpha value is -0.860. The van der Waals surface area contributed by atoms with Gasteiger partial charge in [0.15, 0.2) is 0 Å². The highest BCUT2D eigenvalue weighted by Crippen LogP contribution is 2.30. The molecule has 0 bridgehead atoms. The van der Waals surface area contributed by atoms with Crippen molar-refractivity contribution in [2.24, 2.45) is 0 Å². The lowest BCUT2D eigenvalue weighted by atomic mass is 9.98. The predicted octanol–water partition coefficient (Wildman–Crippen LogP) is 4.40. The number of hydrogen-bond donors (Lipinski definition) is 1. The summed E-state index contributed by atoms with van der Waals surface area (Å²) in [6, 6.07) is 4.49. The van der Waals surface area contributed by atoms with E-state index < -0.39 is 11.9 Å². The Morgan fingerprint density at radius 3 is 2.82 bits per heavy atom. The highest BCUT2D eigenvalue weighted by Gasteiger charge is 2.15. The summed E-state index contributed by atoms with van der Waals surface area (Å²) in [7, 11) is 0. The van der Waals surface area contributed by atoms with Gasteiger partial charge in [0.1, 0.15) is 11.9 Å². The van der Waals surface area contributed by atoms with Crippen molar-refractivity contribution in [1.82, 2.24) is 0 Å². The van der Waals surface area contributed by atoms with Gasteiger partial charge in [-0.15, -0.1) is 0 Å². The first-order valence-electron chi connectivity index (χ1n) is 6.00. The topological polar surface area (TPSA) is 20.2 Å². The Labute approximate surface area is 106 Å². The summed E-state index contributed by atoms with van der Waals surface area (Å²) < 4.78 is 13.3. The minimum absolute atomic E-state index is 0.0933. The summed E-state index contributed by atoms with van der Waals surface area (Å²) in [6.45, 7) is 0. The van der Waals surface area contributed by atoms with Gasteiger partial charge in [0.25, 0.3) is 0 Å². The minimum Gasteiger partial charge on any atom is -0.384 e. The second-order valence-corrected chi connectivity index (χ2v) is 4.86. The maximum atomic E-state index is 13.3. The second-order valence-electron chi connectivity index (χ2n) is 4.45. The van der Waals surface area contributed by atoms with E-state index in [0.29, 0.717) is 5.56 Å². The molecule has 3 heteroatoms. The van der Waals surface area contributed by atoms with Crippen LogP contribution in [0.5, 0.6) is 0 Å². The average Bonchev–Trinajstić information content (AvgIpc) is 2.60. The van der Waals surface area contributed by atoms with Crippen LogP contribution in [0.2, 0.25) is 5.02 Å². The Bertz CT molecular complexity index is 428. The third-order valence-corrected chi connectivity index (χ3v) is 3.49. The summed E-state index contributed by atoms with van der Waals surface area (Å²) in [5.41, 5.74) is 1.59. The standard InChI is InChI=1S/C14H16ClFO/c15-12-8-7-11(9-13(12)16)14(17)10-5-3-1-2-4-6-10/h5,7-9,14,17H,1-4,6H2. The molecular formula is C14H16ClFO. The van der Waals surface area contributed by atoms with Crippen molar-refractivity contribution in [3.05, 3.63) is 46.3 Å². The van der Waals surface area contributed by atoms with E-state index in [2.05, 4.69) is 6.08 Å². The van der Waals surface area contributed by atoms with E-state index in [1.165, 1.54) is 25.0 Å². The normalized spacial score (nSPS) is 18.4. The monoisotopic (exact) mass is 254 g/mol. The average molecular weight is 255 g/mol. The zero-order chi connectivity index (χ0) is 12.3. The number of aliphatic hydroxyl groups is 1. The smallest absolute Gasteiger partial charge is 0.142 e. The molecule has 17 heavy (non-hydrogen) atoms. The summed E-state index contributed by atoms with van der Waals surface area (Å²) >= 11 is 5.63. The highest BCUT2D eigenvalue weighted by molar-refractivity contribution is 6.30. The number of halogens is 2. The Kier molecular flexibility index (Phi) is 4.19. The van der Waals surface area contributed by atoms with Crippen LogP contribution in [0.4, 0.5) is 4.39 Å². The van der Waals surface area contributed by atoms with Gasteiger partial charge in [-0.1, -0.05) is 30.2 Å².